The van der Waals surface area contributed by atoms with Crippen LogP contribution in [0.3, 0.4) is 0 Å². The monoisotopic (exact) mass is 294 g/mol. The van der Waals surface area contributed by atoms with E-state index in [4.69, 9.17) is 0 Å². The van der Waals surface area contributed by atoms with E-state index in [-0.39, 0.29) is 48.6 Å². The SMILES string of the molecule is CCC(C)N(C)C(=O)CCN1C(=O)C2CCCCC2C1=O. The second-order valence-electron chi connectivity index (χ2n) is 6.34. The molecule has 2 rings (SSSR count). The molecule has 0 aromatic heterocycles. The lowest BCUT2D eigenvalue weighted by Gasteiger charge is -2.24. The zero-order chi connectivity index (χ0) is 15.6. The first-order valence-corrected chi connectivity index (χ1v) is 8.08. The number of carbonyl (C=O) groups excluding carboxylic acids is 3. The normalized spacial score (nSPS) is 26.7. The van der Waals surface area contributed by atoms with Crippen LogP contribution >= 0.6 is 0 Å². The van der Waals surface area contributed by atoms with Gasteiger partial charge >= 0.3 is 0 Å². The van der Waals surface area contributed by atoms with E-state index >= 15 is 0 Å². The van der Waals surface area contributed by atoms with E-state index in [1.54, 1.807) is 11.9 Å². The smallest absolute Gasteiger partial charge is 0.233 e. The van der Waals surface area contributed by atoms with E-state index < -0.39 is 0 Å². The molecular formula is C16H26N2O3. The first-order valence-electron chi connectivity index (χ1n) is 8.08. The van der Waals surface area contributed by atoms with Gasteiger partial charge < -0.3 is 4.90 Å². The minimum Gasteiger partial charge on any atom is -0.343 e. The summed E-state index contributed by atoms with van der Waals surface area (Å²) in [6.07, 6.45) is 4.85. The molecule has 0 spiro atoms. The van der Waals surface area contributed by atoms with Crippen LogP contribution in [-0.2, 0) is 14.4 Å². The van der Waals surface area contributed by atoms with Crippen molar-refractivity contribution >= 4 is 17.7 Å². The predicted octanol–water partition coefficient (Wildman–Crippen LogP) is 1.81. The van der Waals surface area contributed by atoms with Crippen LogP contribution in [0.1, 0.15) is 52.4 Å². The Balaban J connectivity index is 1.92. The molecule has 1 aliphatic carbocycles. The van der Waals surface area contributed by atoms with Crippen molar-refractivity contribution in [2.24, 2.45) is 11.8 Å². The number of rotatable bonds is 5. The highest BCUT2D eigenvalue weighted by Crippen LogP contribution is 2.37. The molecule has 21 heavy (non-hydrogen) atoms. The zero-order valence-corrected chi connectivity index (χ0v) is 13.3. The lowest BCUT2D eigenvalue weighted by molar-refractivity contribution is -0.141. The fraction of sp³-hybridized carbons (Fsp3) is 0.812. The third-order valence-electron chi connectivity index (χ3n) is 5.13. The van der Waals surface area contributed by atoms with Crippen LogP contribution < -0.4 is 0 Å². The van der Waals surface area contributed by atoms with Crippen molar-refractivity contribution in [2.75, 3.05) is 13.6 Å². The van der Waals surface area contributed by atoms with Gasteiger partial charge in [-0.2, -0.15) is 0 Å². The Hall–Kier alpha value is -1.39. The van der Waals surface area contributed by atoms with Crippen LogP contribution in [0.15, 0.2) is 0 Å². The Bertz CT molecular complexity index is 411. The second-order valence-corrected chi connectivity index (χ2v) is 6.34. The van der Waals surface area contributed by atoms with Gasteiger partial charge in [-0.25, -0.2) is 0 Å². The topological polar surface area (TPSA) is 57.7 Å². The van der Waals surface area contributed by atoms with Crippen LogP contribution in [0.25, 0.3) is 0 Å². The molecule has 1 saturated heterocycles. The number of hydrogen-bond acceptors (Lipinski definition) is 3. The number of likely N-dealkylation sites (tertiary alicyclic amines) is 1. The number of imide groups is 1. The molecule has 0 radical (unpaired) electrons. The van der Waals surface area contributed by atoms with E-state index in [9.17, 15) is 14.4 Å². The van der Waals surface area contributed by atoms with Crippen LogP contribution in [0.5, 0.6) is 0 Å². The summed E-state index contributed by atoms with van der Waals surface area (Å²) in [5, 5.41) is 0. The third-order valence-corrected chi connectivity index (χ3v) is 5.13. The van der Waals surface area contributed by atoms with Crippen LogP contribution in [-0.4, -0.2) is 47.2 Å². The Morgan fingerprint density at radius 1 is 1.24 bits per heavy atom. The van der Waals surface area contributed by atoms with Crippen LogP contribution in [0, 0.1) is 11.8 Å². The summed E-state index contributed by atoms with van der Waals surface area (Å²) >= 11 is 0. The van der Waals surface area contributed by atoms with Crippen LogP contribution in [0.2, 0.25) is 0 Å². The molecule has 3 amide bonds. The van der Waals surface area contributed by atoms with Gasteiger partial charge in [0.25, 0.3) is 0 Å². The average molecular weight is 294 g/mol. The summed E-state index contributed by atoms with van der Waals surface area (Å²) in [6, 6.07) is 0.185. The Kier molecular flexibility index (Phi) is 5.01. The van der Waals surface area contributed by atoms with Crippen molar-refractivity contribution in [1.29, 1.82) is 0 Å². The van der Waals surface area contributed by atoms with Gasteiger partial charge in [-0.1, -0.05) is 19.8 Å². The van der Waals surface area contributed by atoms with Gasteiger partial charge in [0.05, 0.1) is 11.8 Å². The molecule has 1 heterocycles. The maximum absolute atomic E-state index is 12.3. The number of nitrogens with zero attached hydrogens (tertiary/aromatic N) is 2. The molecule has 1 aliphatic heterocycles. The van der Waals surface area contributed by atoms with Gasteiger partial charge in [0.2, 0.25) is 17.7 Å². The summed E-state index contributed by atoms with van der Waals surface area (Å²) in [4.78, 5) is 39.8. The van der Waals surface area contributed by atoms with Gasteiger partial charge in [-0.3, -0.25) is 19.3 Å². The predicted molar refractivity (Wildman–Crippen MR) is 79.3 cm³/mol. The molecule has 0 aromatic carbocycles. The highest BCUT2D eigenvalue weighted by molar-refractivity contribution is 6.05. The molecule has 0 aromatic rings. The molecule has 3 atom stereocenters. The average Bonchev–Trinajstić information content (AvgIpc) is 2.75. The van der Waals surface area contributed by atoms with E-state index in [2.05, 4.69) is 0 Å². The van der Waals surface area contributed by atoms with E-state index in [0.29, 0.717) is 0 Å². The lowest BCUT2D eigenvalue weighted by atomic mass is 9.81. The van der Waals surface area contributed by atoms with Gasteiger partial charge in [-0.15, -0.1) is 0 Å². The Labute approximate surface area is 126 Å². The van der Waals surface area contributed by atoms with E-state index in [1.807, 2.05) is 13.8 Å². The third kappa shape index (κ3) is 3.11. The molecule has 2 aliphatic rings. The summed E-state index contributed by atoms with van der Waals surface area (Å²) < 4.78 is 0. The molecule has 0 bridgehead atoms. The van der Waals surface area contributed by atoms with Gasteiger partial charge in [0.1, 0.15) is 0 Å². The lowest BCUT2D eigenvalue weighted by Crippen LogP contribution is -2.39. The summed E-state index contributed by atoms with van der Waals surface area (Å²) in [5.41, 5.74) is 0. The summed E-state index contributed by atoms with van der Waals surface area (Å²) in [6.45, 7) is 4.27. The number of fused-ring (bicyclic) bond motifs is 1. The second kappa shape index (κ2) is 6.58. The molecule has 0 N–H and O–H groups in total. The maximum atomic E-state index is 12.3. The molecule has 118 valence electrons. The van der Waals surface area contributed by atoms with Gasteiger partial charge in [0, 0.05) is 26.1 Å². The zero-order valence-electron chi connectivity index (χ0n) is 13.3. The standard InChI is InChI=1S/C16H26N2O3/c1-4-11(2)17(3)14(19)9-10-18-15(20)12-7-5-6-8-13(12)16(18)21/h11-13H,4-10H2,1-3H3. The van der Waals surface area contributed by atoms with Crippen molar-refractivity contribution in [1.82, 2.24) is 9.80 Å². The largest absolute Gasteiger partial charge is 0.343 e. The first kappa shape index (κ1) is 16.0. The Morgan fingerprint density at radius 2 is 1.76 bits per heavy atom. The highest BCUT2D eigenvalue weighted by Gasteiger charge is 2.47. The molecule has 1 saturated carbocycles. The first-order chi connectivity index (χ1) is 9.97. The van der Waals surface area contributed by atoms with Gasteiger partial charge in [-0.05, 0) is 26.2 Å². The molecule has 2 fully saturated rings. The van der Waals surface area contributed by atoms with Crippen molar-refractivity contribution in [2.45, 2.75) is 58.4 Å². The fourth-order valence-electron chi connectivity index (χ4n) is 3.35. The molecule has 5 nitrogen and oxygen atoms in total. The maximum Gasteiger partial charge on any atom is 0.233 e. The number of carbonyl (C=O) groups is 3. The Morgan fingerprint density at radius 3 is 2.24 bits per heavy atom. The number of amides is 3. The van der Waals surface area contributed by atoms with Crippen molar-refractivity contribution < 1.29 is 14.4 Å². The van der Waals surface area contributed by atoms with Gasteiger partial charge in [0.15, 0.2) is 0 Å². The van der Waals surface area contributed by atoms with Crippen molar-refractivity contribution in [3.05, 3.63) is 0 Å². The quantitative estimate of drug-likeness (QED) is 0.727. The van der Waals surface area contributed by atoms with Crippen molar-refractivity contribution in [3.8, 4) is 0 Å². The van der Waals surface area contributed by atoms with Crippen molar-refractivity contribution in [3.63, 3.8) is 0 Å². The van der Waals surface area contributed by atoms with E-state index in [1.165, 1.54) is 4.90 Å². The molecule has 3 unspecified atom stereocenters. The highest BCUT2D eigenvalue weighted by atomic mass is 16.2. The minimum atomic E-state index is -0.117. The minimum absolute atomic E-state index is 0.000165. The van der Waals surface area contributed by atoms with E-state index in [0.717, 1.165) is 32.1 Å². The molecular weight excluding hydrogens is 268 g/mol. The number of hydrogen-bond donors (Lipinski definition) is 0. The summed E-state index contributed by atoms with van der Waals surface area (Å²) in [7, 11) is 1.78. The summed E-state index contributed by atoms with van der Waals surface area (Å²) in [5.74, 6) is -0.338. The fourth-order valence-corrected chi connectivity index (χ4v) is 3.35. The van der Waals surface area contributed by atoms with Crippen LogP contribution in [0.4, 0.5) is 0 Å². The molecule has 5 heteroatoms.